The van der Waals surface area contributed by atoms with Crippen LogP contribution in [0.5, 0.6) is 5.75 Å². The van der Waals surface area contributed by atoms with E-state index in [9.17, 15) is 4.79 Å². The number of hydrogen-bond donors (Lipinski definition) is 2. The van der Waals surface area contributed by atoms with Crippen LogP contribution in [0.1, 0.15) is 12.5 Å². The summed E-state index contributed by atoms with van der Waals surface area (Å²) >= 11 is 1.20. The SMILES string of the molecule is CCOc1cc(NC(=O)Nc2nnc(-c3ccon3)s2)ccc1C. The monoisotopic (exact) mass is 345 g/mol. The molecule has 0 saturated heterocycles. The smallest absolute Gasteiger partial charge is 0.325 e. The van der Waals surface area contributed by atoms with Crippen molar-refractivity contribution < 1.29 is 14.1 Å². The molecule has 2 aromatic heterocycles. The maximum absolute atomic E-state index is 12.1. The van der Waals surface area contributed by atoms with Crippen LogP contribution in [0.4, 0.5) is 15.6 Å². The van der Waals surface area contributed by atoms with Crippen molar-refractivity contribution in [2.24, 2.45) is 0 Å². The maximum atomic E-state index is 12.1. The summed E-state index contributed by atoms with van der Waals surface area (Å²) in [4.78, 5) is 12.1. The Bertz CT molecular complexity index is 832. The number of aromatic nitrogens is 3. The molecule has 0 aliphatic heterocycles. The van der Waals surface area contributed by atoms with Gasteiger partial charge in [0.1, 0.15) is 17.7 Å². The van der Waals surface area contributed by atoms with Gasteiger partial charge in [-0.3, -0.25) is 5.32 Å². The molecule has 0 saturated carbocycles. The lowest BCUT2D eigenvalue weighted by Gasteiger charge is -2.10. The van der Waals surface area contributed by atoms with E-state index in [0.717, 1.165) is 11.3 Å². The molecule has 24 heavy (non-hydrogen) atoms. The van der Waals surface area contributed by atoms with Crippen molar-refractivity contribution in [2.45, 2.75) is 13.8 Å². The first-order chi connectivity index (χ1) is 11.7. The molecule has 0 aliphatic carbocycles. The first-order valence-electron chi connectivity index (χ1n) is 7.21. The normalized spacial score (nSPS) is 10.4. The lowest BCUT2D eigenvalue weighted by atomic mass is 10.2. The number of hydrogen-bond acceptors (Lipinski definition) is 7. The van der Waals surface area contributed by atoms with E-state index >= 15 is 0 Å². The lowest BCUT2D eigenvalue weighted by molar-refractivity contribution is 0.262. The number of rotatable bonds is 5. The summed E-state index contributed by atoms with van der Waals surface area (Å²) < 4.78 is 10.3. The molecule has 2 N–H and O–H groups in total. The van der Waals surface area contributed by atoms with Crippen molar-refractivity contribution in [2.75, 3.05) is 17.2 Å². The maximum Gasteiger partial charge on any atom is 0.325 e. The average molecular weight is 345 g/mol. The summed E-state index contributed by atoms with van der Waals surface area (Å²) in [7, 11) is 0. The predicted molar refractivity (Wildman–Crippen MR) is 90.4 cm³/mol. The fourth-order valence-electron chi connectivity index (χ4n) is 1.95. The molecule has 2 heterocycles. The Labute approximate surface area is 141 Å². The molecule has 3 aromatic rings. The third kappa shape index (κ3) is 3.69. The Morgan fingerprint density at radius 3 is 2.92 bits per heavy atom. The van der Waals surface area contributed by atoms with Gasteiger partial charge < -0.3 is 14.6 Å². The molecule has 0 spiro atoms. The van der Waals surface area contributed by atoms with Crippen molar-refractivity contribution in [3.05, 3.63) is 36.1 Å². The number of anilines is 2. The highest BCUT2D eigenvalue weighted by Crippen LogP contribution is 2.25. The zero-order chi connectivity index (χ0) is 16.9. The zero-order valence-corrected chi connectivity index (χ0v) is 13.9. The molecule has 3 rings (SSSR count). The first-order valence-corrected chi connectivity index (χ1v) is 8.03. The van der Waals surface area contributed by atoms with E-state index in [0.29, 0.717) is 28.1 Å². The number of ether oxygens (including phenoxy) is 1. The Hall–Kier alpha value is -2.94. The largest absolute Gasteiger partial charge is 0.494 e. The molecule has 0 bridgehead atoms. The molecule has 9 heteroatoms. The molecule has 2 amide bonds. The quantitative estimate of drug-likeness (QED) is 0.733. The van der Waals surface area contributed by atoms with Gasteiger partial charge in [-0.1, -0.05) is 22.6 Å². The summed E-state index contributed by atoms with van der Waals surface area (Å²) in [5.41, 5.74) is 2.20. The van der Waals surface area contributed by atoms with E-state index in [-0.39, 0.29) is 0 Å². The van der Waals surface area contributed by atoms with Gasteiger partial charge in [0.15, 0.2) is 5.01 Å². The number of carbonyl (C=O) groups is 1. The van der Waals surface area contributed by atoms with Crippen LogP contribution in [0.25, 0.3) is 10.7 Å². The lowest BCUT2D eigenvalue weighted by Crippen LogP contribution is -2.19. The molecule has 0 atom stereocenters. The van der Waals surface area contributed by atoms with Crippen molar-refractivity contribution in [3.63, 3.8) is 0 Å². The van der Waals surface area contributed by atoms with Crippen LogP contribution in [0, 0.1) is 6.92 Å². The molecule has 0 aliphatic rings. The predicted octanol–water partition coefficient (Wildman–Crippen LogP) is 3.54. The van der Waals surface area contributed by atoms with Gasteiger partial charge in [0.2, 0.25) is 5.13 Å². The number of nitrogens with one attached hydrogen (secondary N) is 2. The average Bonchev–Trinajstić information content (AvgIpc) is 3.22. The Kier molecular flexibility index (Phi) is 4.71. The van der Waals surface area contributed by atoms with Gasteiger partial charge in [-0.05, 0) is 25.5 Å². The van der Waals surface area contributed by atoms with Gasteiger partial charge in [0.25, 0.3) is 0 Å². The van der Waals surface area contributed by atoms with Gasteiger partial charge in [-0.25, -0.2) is 4.79 Å². The highest BCUT2D eigenvalue weighted by Gasteiger charge is 2.12. The first kappa shape index (κ1) is 15.9. The molecule has 0 unspecified atom stereocenters. The van der Waals surface area contributed by atoms with E-state index in [1.807, 2.05) is 19.9 Å². The van der Waals surface area contributed by atoms with Crippen LogP contribution in [0.3, 0.4) is 0 Å². The van der Waals surface area contributed by atoms with Crippen LogP contribution in [-0.2, 0) is 0 Å². The second kappa shape index (κ2) is 7.09. The number of amides is 2. The van der Waals surface area contributed by atoms with Crippen LogP contribution in [0.15, 0.2) is 35.1 Å². The molecule has 8 nitrogen and oxygen atoms in total. The summed E-state index contributed by atoms with van der Waals surface area (Å²) in [6.45, 7) is 4.42. The van der Waals surface area contributed by atoms with Crippen molar-refractivity contribution >= 4 is 28.2 Å². The second-order valence-corrected chi connectivity index (χ2v) is 5.77. The van der Waals surface area contributed by atoms with E-state index in [4.69, 9.17) is 9.26 Å². The topological polar surface area (TPSA) is 102 Å². The third-order valence-electron chi connectivity index (χ3n) is 3.05. The standard InChI is InChI=1S/C15H15N5O3S/c1-3-22-12-8-10(5-4-9(12)2)16-14(21)17-15-19-18-13(24-15)11-6-7-23-20-11/h4-8H,3H2,1-2H3,(H2,16,17,19,21). The Morgan fingerprint density at radius 2 is 2.17 bits per heavy atom. The minimum Gasteiger partial charge on any atom is -0.494 e. The van der Waals surface area contributed by atoms with Crippen LogP contribution in [0.2, 0.25) is 0 Å². The van der Waals surface area contributed by atoms with E-state index in [1.54, 1.807) is 18.2 Å². The third-order valence-corrected chi connectivity index (χ3v) is 3.91. The fourth-order valence-corrected chi connectivity index (χ4v) is 2.65. The Morgan fingerprint density at radius 1 is 1.29 bits per heavy atom. The van der Waals surface area contributed by atoms with Gasteiger partial charge in [-0.15, -0.1) is 10.2 Å². The molecule has 0 fully saturated rings. The van der Waals surface area contributed by atoms with Crippen molar-refractivity contribution in [1.29, 1.82) is 0 Å². The molecular formula is C15H15N5O3S. The summed E-state index contributed by atoms with van der Waals surface area (Å²) in [5, 5.41) is 17.9. The van der Waals surface area contributed by atoms with Crippen LogP contribution >= 0.6 is 11.3 Å². The molecule has 1 aromatic carbocycles. The van der Waals surface area contributed by atoms with Gasteiger partial charge in [0, 0.05) is 17.8 Å². The number of urea groups is 1. The molecule has 124 valence electrons. The van der Waals surface area contributed by atoms with Crippen molar-refractivity contribution in [1.82, 2.24) is 15.4 Å². The number of carbonyl (C=O) groups excluding carboxylic acids is 1. The zero-order valence-electron chi connectivity index (χ0n) is 13.1. The summed E-state index contributed by atoms with van der Waals surface area (Å²) in [5.74, 6) is 0.736. The van der Waals surface area contributed by atoms with E-state index in [1.165, 1.54) is 17.6 Å². The number of aryl methyl sites for hydroxylation is 1. The minimum atomic E-state index is -0.413. The van der Waals surface area contributed by atoms with E-state index < -0.39 is 6.03 Å². The van der Waals surface area contributed by atoms with E-state index in [2.05, 4.69) is 26.0 Å². The van der Waals surface area contributed by atoms with Crippen LogP contribution in [-0.4, -0.2) is 28.0 Å². The van der Waals surface area contributed by atoms with Gasteiger partial charge >= 0.3 is 6.03 Å². The fraction of sp³-hybridized carbons (Fsp3) is 0.200. The van der Waals surface area contributed by atoms with Gasteiger partial charge in [-0.2, -0.15) is 0 Å². The second-order valence-electron chi connectivity index (χ2n) is 4.79. The molecule has 0 radical (unpaired) electrons. The van der Waals surface area contributed by atoms with Crippen molar-refractivity contribution in [3.8, 4) is 16.5 Å². The summed E-state index contributed by atoms with van der Waals surface area (Å²) in [6.07, 6.45) is 1.45. The molecular weight excluding hydrogens is 330 g/mol. The minimum absolute atomic E-state index is 0.364. The highest BCUT2D eigenvalue weighted by atomic mass is 32.1. The highest BCUT2D eigenvalue weighted by molar-refractivity contribution is 7.18. The Balaban J connectivity index is 1.64. The number of nitrogens with zero attached hydrogens (tertiary/aromatic N) is 3. The van der Waals surface area contributed by atoms with Crippen LogP contribution < -0.4 is 15.4 Å². The summed E-state index contributed by atoms with van der Waals surface area (Å²) in [6, 6.07) is 6.72. The van der Waals surface area contributed by atoms with Gasteiger partial charge in [0.05, 0.1) is 6.61 Å². The number of benzene rings is 1.